The van der Waals surface area contributed by atoms with Crippen molar-refractivity contribution in [2.75, 3.05) is 27.4 Å². The van der Waals surface area contributed by atoms with Crippen LogP contribution in [-0.4, -0.2) is 51.6 Å². The molecule has 0 amide bonds. The predicted octanol–water partition coefficient (Wildman–Crippen LogP) is 0.923. The lowest BCUT2D eigenvalue weighted by Gasteiger charge is -2.21. The summed E-state index contributed by atoms with van der Waals surface area (Å²) >= 11 is 0. The molecule has 0 bridgehead atoms. The molecule has 106 valence electrons. The SMILES string of the molecule is CCCOC(=O)C(OC)C(OC)C(=O)OCCC. The third-order valence-electron chi connectivity index (χ3n) is 2.14. The average Bonchev–Trinajstić information content (AvgIpc) is 2.39. The second kappa shape index (κ2) is 9.85. The Labute approximate surface area is 108 Å². The van der Waals surface area contributed by atoms with Crippen LogP contribution in [0.2, 0.25) is 0 Å². The van der Waals surface area contributed by atoms with Crippen molar-refractivity contribution >= 4 is 11.9 Å². The van der Waals surface area contributed by atoms with Crippen LogP contribution in [0.3, 0.4) is 0 Å². The molecular formula is C12H22O6. The molecule has 0 fully saturated rings. The number of ether oxygens (including phenoxy) is 4. The largest absolute Gasteiger partial charge is 0.464 e. The van der Waals surface area contributed by atoms with Gasteiger partial charge in [-0.2, -0.15) is 0 Å². The standard InChI is InChI=1S/C12H22O6/c1-5-7-17-11(13)9(15-3)10(16-4)12(14)18-8-6-2/h9-10H,5-8H2,1-4H3. The van der Waals surface area contributed by atoms with Crippen molar-refractivity contribution in [2.24, 2.45) is 0 Å². The number of hydrogen-bond acceptors (Lipinski definition) is 6. The van der Waals surface area contributed by atoms with Crippen LogP contribution in [0.4, 0.5) is 0 Å². The van der Waals surface area contributed by atoms with Crippen LogP contribution < -0.4 is 0 Å². The van der Waals surface area contributed by atoms with Gasteiger partial charge < -0.3 is 18.9 Å². The molecule has 6 heteroatoms. The lowest BCUT2D eigenvalue weighted by atomic mass is 10.2. The maximum absolute atomic E-state index is 11.7. The Bertz CT molecular complexity index is 227. The number of rotatable bonds is 9. The van der Waals surface area contributed by atoms with Gasteiger partial charge in [0.2, 0.25) is 0 Å². The molecule has 0 aliphatic carbocycles. The molecule has 2 atom stereocenters. The van der Waals surface area contributed by atoms with Crippen LogP contribution >= 0.6 is 0 Å². The zero-order chi connectivity index (χ0) is 14.0. The molecule has 0 N–H and O–H groups in total. The summed E-state index contributed by atoms with van der Waals surface area (Å²) in [6.07, 6.45) is -0.822. The number of carbonyl (C=O) groups excluding carboxylic acids is 2. The second-order valence-corrected chi connectivity index (χ2v) is 3.65. The van der Waals surface area contributed by atoms with Crippen molar-refractivity contribution in [1.82, 2.24) is 0 Å². The van der Waals surface area contributed by atoms with E-state index in [0.29, 0.717) is 12.8 Å². The van der Waals surface area contributed by atoms with E-state index in [1.165, 1.54) is 14.2 Å². The first-order valence-electron chi connectivity index (χ1n) is 6.01. The lowest BCUT2D eigenvalue weighted by molar-refractivity contribution is -0.178. The molecule has 0 heterocycles. The Hall–Kier alpha value is -1.14. The van der Waals surface area contributed by atoms with Crippen molar-refractivity contribution in [3.63, 3.8) is 0 Å². The smallest absolute Gasteiger partial charge is 0.338 e. The lowest BCUT2D eigenvalue weighted by Crippen LogP contribution is -2.44. The highest BCUT2D eigenvalue weighted by atomic mass is 16.6. The molecule has 0 saturated heterocycles. The zero-order valence-electron chi connectivity index (χ0n) is 11.4. The highest BCUT2D eigenvalue weighted by molar-refractivity contribution is 5.85. The Kier molecular flexibility index (Phi) is 9.22. The first-order valence-corrected chi connectivity index (χ1v) is 6.01. The van der Waals surface area contributed by atoms with E-state index in [2.05, 4.69) is 0 Å². The first-order chi connectivity index (χ1) is 8.62. The maximum atomic E-state index is 11.7. The van der Waals surface area contributed by atoms with E-state index in [4.69, 9.17) is 18.9 Å². The molecule has 0 aliphatic rings. The number of hydrogen-bond donors (Lipinski definition) is 0. The topological polar surface area (TPSA) is 71.1 Å². The van der Waals surface area contributed by atoms with Gasteiger partial charge in [-0.25, -0.2) is 9.59 Å². The third kappa shape index (κ3) is 5.46. The van der Waals surface area contributed by atoms with Gasteiger partial charge in [0, 0.05) is 14.2 Å². The van der Waals surface area contributed by atoms with Crippen molar-refractivity contribution in [2.45, 2.75) is 38.9 Å². The second-order valence-electron chi connectivity index (χ2n) is 3.65. The molecule has 6 nitrogen and oxygen atoms in total. The van der Waals surface area contributed by atoms with Gasteiger partial charge in [0.1, 0.15) is 0 Å². The Morgan fingerprint density at radius 3 is 1.39 bits per heavy atom. The molecular weight excluding hydrogens is 240 g/mol. The molecule has 0 aliphatic heterocycles. The third-order valence-corrected chi connectivity index (χ3v) is 2.14. The minimum Gasteiger partial charge on any atom is -0.464 e. The summed E-state index contributed by atoms with van der Waals surface area (Å²) in [6, 6.07) is 0. The summed E-state index contributed by atoms with van der Waals surface area (Å²) in [5.74, 6) is -1.25. The van der Waals surface area contributed by atoms with E-state index in [9.17, 15) is 9.59 Å². The molecule has 0 spiro atoms. The van der Waals surface area contributed by atoms with Crippen molar-refractivity contribution < 1.29 is 28.5 Å². The van der Waals surface area contributed by atoms with Crippen LogP contribution in [0, 0.1) is 0 Å². The first kappa shape index (κ1) is 16.9. The fourth-order valence-electron chi connectivity index (χ4n) is 1.26. The van der Waals surface area contributed by atoms with Gasteiger partial charge in [-0.3, -0.25) is 0 Å². The molecule has 0 aromatic carbocycles. The van der Waals surface area contributed by atoms with Crippen LogP contribution in [0.15, 0.2) is 0 Å². The normalized spacial score (nSPS) is 13.8. The Balaban J connectivity index is 4.55. The summed E-state index contributed by atoms with van der Waals surface area (Å²) in [5.41, 5.74) is 0. The fourth-order valence-corrected chi connectivity index (χ4v) is 1.26. The van der Waals surface area contributed by atoms with Gasteiger partial charge in [-0.15, -0.1) is 0 Å². The summed E-state index contributed by atoms with van der Waals surface area (Å²) in [5, 5.41) is 0. The van der Waals surface area contributed by atoms with Gasteiger partial charge in [-0.05, 0) is 12.8 Å². The highest BCUT2D eigenvalue weighted by Gasteiger charge is 2.36. The summed E-state index contributed by atoms with van der Waals surface area (Å²) in [4.78, 5) is 23.4. The van der Waals surface area contributed by atoms with Gasteiger partial charge >= 0.3 is 11.9 Å². The predicted molar refractivity (Wildman–Crippen MR) is 64.1 cm³/mol. The molecule has 0 aromatic heterocycles. The van der Waals surface area contributed by atoms with Gasteiger partial charge in [-0.1, -0.05) is 13.8 Å². The number of esters is 2. The fraction of sp³-hybridized carbons (Fsp3) is 0.833. The molecule has 0 aromatic rings. The van der Waals surface area contributed by atoms with Crippen LogP contribution in [-0.2, 0) is 28.5 Å². The van der Waals surface area contributed by atoms with Gasteiger partial charge in [0.05, 0.1) is 13.2 Å². The average molecular weight is 262 g/mol. The Morgan fingerprint density at radius 1 is 0.833 bits per heavy atom. The van der Waals surface area contributed by atoms with Crippen molar-refractivity contribution in [3.8, 4) is 0 Å². The summed E-state index contributed by atoms with van der Waals surface area (Å²) in [7, 11) is 2.63. The van der Waals surface area contributed by atoms with E-state index < -0.39 is 24.1 Å². The van der Waals surface area contributed by atoms with E-state index in [0.717, 1.165) is 0 Å². The minimum absolute atomic E-state index is 0.277. The number of carbonyl (C=O) groups is 2. The zero-order valence-corrected chi connectivity index (χ0v) is 11.4. The highest BCUT2D eigenvalue weighted by Crippen LogP contribution is 2.08. The van der Waals surface area contributed by atoms with Crippen LogP contribution in [0.1, 0.15) is 26.7 Å². The molecule has 18 heavy (non-hydrogen) atoms. The Morgan fingerprint density at radius 2 is 1.17 bits per heavy atom. The molecule has 0 radical (unpaired) electrons. The van der Waals surface area contributed by atoms with Crippen molar-refractivity contribution in [3.05, 3.63) is 0 Å². The monoisotopic (exact) mass is 262 g/mol. The molecule has 2 unspecified atom stereocenters. The quantitative estimate of drug-likeness (QED) is 0.575. The van der Waals surface area contributed by atoms with E-state index in [-0.39, 0.29) is 13.2 Å². The maximum Gasteiger partial charge on any atom is 0.338 e. The molecule has 0 saturated carbocycles. The van der Waals surface area contributed by atoms with Crippen LogP contribution in [0.25, 0.3) is 0 Å². The van der Waals surface area contributed by atoms with Gasteiger partial charge in [0.25, 0.3) is 0 Å². The van der Waals surface area contributed by atoms with E-state index in [1.54, 1.807) is 0 Å². The van der Waals surface area contributed by atoms with E-state index >= 15 is 0 Å². The van der Waals surface area contributed by atoms with E-state index in [1.807, 2.05) is 13.8 Å². The minimum atomic E-state index is -1.11. The van der Waals surface area contributed by atoms with Crippen LogP contribution in [0.5, 0.6) is 0 Å². The summed E-state index contributed by atoms with van der Waals surface area (Å²) in [6.45, 7) is 4.30. The van der Waals surface area contributed by atoms with Gasteiger partial charge in [0.15, 0.2) is 12.2 Å². The number of methoxy groups -OCH3 is 2. The molecule has 0 rings (SSSR count). The summed E-state index contributed by atoms with van der Waals surface area (Å²) < 4.78 is 19.8. The van der Waals surface area contributed by atoms with Crippen molar-refractivity contribution in [1.29, 1.82) is 0 Å².